The number of thiophene rings is 1. The summed E-state index contributed by atoms with van der Waals surface area (Å²) >= 11 is 1.75. The van der Waals surface area contributed by atoms with Gasteiger partial charge in [0.25, 0.3) is 0 Å². The second-order valence-corrected chi connectivity index (χ2v) is 5.04. The Kier molecular flexibility index (Phi) is 3.38. The fourth-order valence-electron chi connectivity index (χ4n) is 1.54. The van der Waals surface area contributed by atoms with Crippen LogP contribution in [0.15, 0.2) is 17.5 Å². The van der Waals surface area contributed by atoms with Gasteiger partial charge in [-0.3, -0.25) is 4.79 Å². The van der Waals surface area contributed by atoms with Crippen LogP contribution >= 0.6 is 11.3 Å². The number of aryl methyl sites for hydroxylation is 1. The summed E-state index contributed by atoms with van der Waals surface area (Å²) in [4.78, 5) is 12.8. The van der Waals surface area contributed by atoms with Crippen molar-refractivity contribution in [3.05, 3.63) is 22.4 Å². The lowest BCUT2D eigenvalue weighted by Gasteiger charge is -2.02. The first kappa shape index (κ1) is 10.6. The molecule has 0 radical (unpaired) electrons. The van der Waals surface area contributed by atoms with Gasteiger partial charge in [-0.05, 0) is 30.7 Å². The van der Waals surface area contributed by atoms with Crippen LogP contribution in [0.3, 0.4) is 0 Å². The van der Waals surface area contributed by atoms with Gasteiger partial charge < -0.3 is 11.1 Å². The van der Waals surface area contributed by atoms with E-state index in [4.69, 9.17) is 5.73 Å². The maximum Gasteiger partial charge on any atom is 0.220 e. The summed E-state index contributed by atoms with van der Waals surface area (Å²) in [5, 5.41) is 4.99. The standard InChI is InChI=1S/C11H16N2OS/c12-9-7-10(9)13-11(14)5-1-3-8-4-2-6-15-8/h2,4,6,9-10H,1,3,5,7,12H2,(H,13,14). The second kappa shape index (κ2) is 4.77. The van der Waals surface area contributed by atoms with Crippen LogP contribution in [0, 0.1) is 0 Å². The first-order valence-electron chi connectivity index (χ1n) is 5.33. The highest BCUT2D eigenvalue weighted by atomic mass is 32.1. The molecule has 1 saturated carbocycles. The first-order chi connectivity index (χ1) is 7.25. The molecule has 4 heteroatoms. The summed E-state index contributed by atoms with van der Waals surface area (Å²) in [6.45, 7) is 0. The van der Waals surface area contributed by atoms with Crippen LogP contribution in [0.5, 0.6) is 0 Å². The molecule has 1 aromatic heterocycles. The van der Waals surface area contributed by atoms with E-state index < -0.39 is 0 Å². The number of hydrogen-bond donors (Lipinski definition) is 2. The average Bonchev–Trinajstić information content (AvgIpc) is 2.68. The molecular weight excluding hydrogens is 208 g/mol. The molecule has 15 heavy (non-hydrogen) atoms. The Morgan fingerprint density at radius 1 is 1.67 bits per heavy atom. The van der Waals surface area contributed by atoms with Crippen molar-refractivity contribution in [2.75, 3.05) is 0 Å². The van der Waals surface area contributed by atoms with Crippen molar-refractivity contribution in [3.63, 3.8) is 0 Å². The normalized spacial score (nSPS) is 23.8. The van der Waals surface area contributed by atoms with Crippen LogP contribution < -0.4 is 11.1 Å². The van der Waals surface area contributed by atoms with Crippen molar-refractivity contribution >= 4 is 17.2 Å². The molecule has 82 valence electrons. The van der Waals surface area contributed by atoms with Crippen molar-refractivity contribution in [2.24, 2.45) is 5.73 Å². The summed E-state index contributed by atoms with van der Waals surface area (Å²) < 4.78 is 0. The van der Waals surface area contributed by atoms with Gasteiger partial charge in [0.05, 0.1) is 0 Å². The van der Waals surface area contributed by atoms with Crippen molar-refractivity contribution in [1.29, 1.82) is 0 Å². The van der Waals surface area contributed by atoms with Crippen LogP contribution in [0.25, 0.3) is 0 Å². The van der Waals surface area contributed by atoms with Crippen LogP contribution in [0.1, 0.15) is 24.1 Å². The minimum absolute atomic E-state index is 0.143. The van der Waals surface area contributed by atoms with E-state index in [1.54, 1.807) is 11.3 Å². The van der Waals surface area contributed by atoms with E-state index >= 15 is 0 Å². The molecule has 1 amide bonds. The molecule has 0 bridgehead atoms. The third-order valence-electron chi connectivity index (χ3n) is 2.59. The van der Waals surface area contributed by atoms with Gasteiger partial charge in [-0.2, -0.15) is 0 Å². The number of nitrogens with two attached hydrogens (primary N) is 1. The number of hydrogen-bond acceptors (Lipinski definition) is 3. The summed E-state index contributed by atoms with van der Waals surface area (Å²) in [5.74, 6) is 0.143. The predicted octanol–water partition coefficient (Wildman–Crippen LogP) is 1.29. The number of carbonyl (C=O) groups is 1. The average molecular weight is 224 g/mol. The largest absolute Gasteiger partial charge is 0.352 e. The van der Waals surface area contributed by atoms with Gasteiger partial charge in [0.1, 0.15) is 0 Å². The molecule has 1 aliphatic carbocycles. The van der Waals surface area contributed by atoms with Gasteiger partial charge in [0.2, 0.25) is 5.91 Å². The number of nitrogens with one attached hydrogen (secondary N) is 1. The summed E-state index contributed by atoms with van der Waals surface area (Å²) in [5.41, 5.74) is 5.61. The quantitative estimate of drug-likeness (QED) is 0.791. The van der Waals surface area contributed by atoms with E-state index in [0.29, 0.717) is 6.42 Å². The predicted molar refractivity (Wildman–Crippen MR) is 61.8 cm³/mol. The monoisotopic (exact) mass is 224 g/mol. The topological polar surface area (TPSA) is 55.1 Å². The van der Waals surface area contributed by atoms with Gasteiger partial charge in [0.15, 0.2) is 0 Å². The molecule has 2 atom stereocenters. The zero-order valence-electron chi connectivity index (χ0n) is 8.61. The number of amides is 1. The van der Waals surface area contributed by atoms with Gasteiger partial charge in [-0.1, -0.05) is 6.07 Å². The molecule has 3 N–H and O–H groups in total. The fraction of sp³-hybridized carbons (Fsp3) is 0.545. The third-order valence-corrected chi connectivity index (χ3v) is 3.53. The van der Waals surface area contributed by atoms with Crippen molar-refractivity contribution < 1.29 is 4.79 Å². The molecule has 2 unspecified atom stereocenters. The smallest absolute Gasteiger partial charge is 0.220 e. The molecular formula is C11H16N2OS. The Morgan fingerprint density at radius 3 is 3.07 bits per heavy atom. The van der Waals surface area contributed by atoms with Crippen LogP contribution in [-0.4, -0.2) is 18.0 Å². The Hall–Kier alpha value is -0.870. The summed E-state index contributed by atoms with van der Waals surface area (Å²) in [7, 11) is 0. The molecule has 1 heterocycles. The zero-order chi connectivity index (χ0) is 10.7. The molecule has 0 aliphatic heterocycles. The minimum Gasteiger partial charge on any atom is -0.352 e. The first-order valence-corrected chi connectivity index (χ1v) is 6.21. The zero-order valence-corrected chi connectivity index (χ0v) is 9.43. The fourth-order valence-corrected chi connectivity index (χ4v) is 2.29. The highest BCUT2D eigenvalue weighted by Gasteiger charge is 2.34. The Bertz CT molecular complexity index is 323. The van der Waals surface area contributed by atoms with E-state index in [0.717, 1.165) is 19.3 Å². The summed E-state index contributed by atoms with van der Waals surface area (Å²) in [6.07, 6.45) is 3.48. The van der Waals surface area contributed by atoms with E-state index in [2.05, 4.69) is 16.8 Å². The maximum atomic E-state index is 11.4. The molecule has 1 aliphatic rings. The van der Waals surface area contributed by atoms with E-state index in [1.807, 2.05) is 6.07 Å². The van der Waals surface area contributed by atoms with Crippen LogP contribution in [0.4, 0.5) is 0 Å². The molecule has 0 spiro atoms. The van der Waals surface area contributed by atoms with Gasteiger partial charge in [0, 0.05) is 23.4 Å². The maximum absolute atomic E-state index is 11.4. The second-order valence-electron chi connectivity index (χ2n) is 4.01. The number of rotatable bonds is 5. The lowest BCUT2D eigenvalue weighted by molar-refractivity contribution is -0.121. The Balaban J connectivity index is 1.59. The van der Waals surface area contributed by atoms with Crippen molar-refractivity contribution in [1.82, 2.24) is 5.32 Å². The van der Waals surface area contributed by atoms with E-state index in [9.17, 15) is 4.79 Å². The van der Waals surface area contributed by atoms with Crippen LogP contribution in [-0.2, 0) is 11.2 Å². The van der Waals surface area contributed by atoms with Crippen molar-refractivity contribution in [3.8, 4) is 0 Å². The van der Waals surface area contributed by atoms with Crippen molar-refractivity contribution in [2.45, 2.75) is 37.8 Å². The van der Waals surface area contributed by atoms with E-state index in [1.165, 1.54) is 4.88 Å². The highest BCUT2D eigenvalue weighted by Crippen LogP contribution is 2.18. The van der Waals surface area contributed by atoms with Gasteiger partial charge in [-0.15, -0.1) is 11.3 Å². The summed E-state index contributed by atoms with van der Waals surface area (Å²) in [6, 6.07) is 4.60. The molecule has 1 aromatic rings. The lowest BCUT2D eigenvalue weighted by atomic mass is 10.2. The highest BCUT2D eigenvalue weighted by molar-refractivity contribution is 7.09. The van der Waals surface area contributed by atoms with Gasteiger partial charge >= 0.3 is 0 Å². The molecule has 1 fully saturated rings. The molecule has 3 nitrogen and oxygen atoms in total. The number of carbonyl (C=O) groups excluding carboxylic acids is 1. The lowest BCUT2D eigenvalue weighted by Crippen LogP contribution is -2.29. The molecule has 2 rings (SSSR count). The van der Waals surface area contributed by atoms with Gasteiger partial charge in [-0.25, -0.2) is 0 Å². The van der Waals surface area contributed by atoms with E-state index in [-0.39, 0.29) is 18.0 Å². The van der Waals surface area contributed by atoms with Crippen LogP contribution in [0.2, 0.25) is 0 Å². The minimum atomic E-state index is 0.143. The molecule has 0 saturated heterocycles. The Morgan fingerprint density at radius 2 is 2.47 bits per heavy atom. The third kappa shape index (κ3) is 3.32. The molecule has 0 aromatic carbocycles. The SMILES string of the molecule is NC1CC1NC(=O)CCCc1cccs1. The Labute approximate surface area is 93.7 Å².